The number of hydrogen-bond acceptors (Lipinski definition) is 4. The highest BCUT2D eigenvalue weighted by Crippen LogP contribution is 2.24. The molecule has 4 nitrogen and oxygen atoms in total. The molecule has 0 atom stereocenters. The third kappa shape index (κ3) is 2.09. The number of aromatic nitrogens is 3. The minimum Gasteiger partial charge on any atom is -0.378 e. The molecule has 0 spiro atoms. The Morgan fingerprint density at radius 1 is 1.33 bits per heavy atom. The number of nitrogens with zero attached hydrogens (tertiary/aromatic N) is 3. The van der Waals surface area contributed by atoms with Crippen molar-refractivity contribution in [3.05, 3.63) is 41.8 Å². The summed E-state index contributed by atoms with van der Waals surface area (Å²) in [6, 6.07) is 8.55. The van der Waals surface area contributed by atoms with Crippen molar-refractivity contribution in [2.24, 2.45) is 0 Å². The van der Waals surface area contributed by atoms with Crippen molar-refractivity contribution in [3.8, 4) is 0 Å². The average Bonchev–Trinajstić information content (AvgIpc) is 3.04. The van der Waals surface area contributed by atoms with Crippen LogP contribution in [0, 0.1) is 0 Å². The molecule has 0 aliphatic rings. The fourth-order valence-electron chi connectivity index (χ4n) is 1.95. The van der Waals surface area contributed by atoms with E-state index in [-0.39, 0.29) is 0 Å². The molecule has 1 aromatic carbocycles. The Kier molecular flexibility index (Phi) is 2.98. The normalized spacial score (nSPS) is 10.9. The number of rotatable bonds is 4. The maximum absolute atomic E-state index is 4.25. The molecule has 0 bridgehead atoms. The molecular formula is C13H14N4S. The molecule has 0 saturated carbocycles. The second kappa shape index (κ2) is 4.78. The molecule has 2 aromatic heterocycles. The smallest absolute Gasteiger partial charge is 0.146 e. The average molecular weight is 258 g/mol. The highest BCUT2D eigenvalue weighted by Gasteiger charge is 2.02. The Hall–Kier alpha value is -1.88. The zero-order valence-electron chi connectivity index (χ0n) is 10.1. The van der Waals surface area contributed by atoms with Crippen LogP contribution >= 0.6 is 11.3 Å². The molecule has 0 amide bonds. The second-order valence-corrected chi connectivity index (χ2v) is 4.97. The molecule has 1 N–H and O–H groups in total. The zero-order valence-corrected chi connectivity index (χ0v) is 10.9. The van der Waals surface area contributed by atoms with E-state index in [1.54, 1.807) is 17.7 Å². The fraction of sp³-hybridized carbons (Fsp3) is 0.231. The number of thiophene rings is 1. The third-order valence-corrected chi connectivity index (χ3v) is 3.80. The Morgan fingerprint density at radius 2 is 2.28 bits per heavy atom. The predicted molar refractivity (Wildman–Crippen MR) is 74.8 cm³/mol. The maximum Gasteiger partial charge on any atom is 0.146 e. The van der Waals surface area contributed by atoms with E-state index in [2.05, 4.69) is 52.0 Å². The van der Waals surface area contributed by atoms with Gasteiger partial charge >= 0.3 is 0 Å². The van der Waals surface area contributed by atoms with Crippen molar-refractivity contribution in [3.63, 3.8) is 0 Å². The van der Waals surface area contributed by atoms with Gasteiger partial charge in [-0.25, -0.2) is 9.67 Å². The van der Waals surface area contributed by atoms with Crippen molar-refractivity contribution in [1.29, 1.82) is 0 Å². The van der Waals surface area contributed by atoms with Crippen LogP contribution in [0.4, 0.5) is 5.69 Å². The van der Waals surface area contributed by atoms with Gasteiger partial charge in [0.15, 0.2) is 0 Å². The van der Waals surface area contributed by atoms with Crippen LogP contribution in [0.15, 0.2) is 36.0 Å². The van der Waals surface area contributed by atoms with E-state index in [1.165, 1.54) is 10.1 Å². The van der Waals surface area contributed by atoms with E-state index in [0.29, 0.717) is 6.54 Å². The van der Waals surface area contributed by atoms with Gasteiger partial charge in [-0.05, 0) is 42.0 Å². The Labute approximate surface area is 109 Å². The van der Waals surface area contributed by atoms with Crippen molar-refractivity contribution in [1.82, 2.24) is 14.8 Å². The van der Waals surface area contributed by atoms with Crippen molar-refractivity contribution in [2.75, 3.05) is 5.32 Å². The molecule has 2 heterocycles. The van der Waals surface area contributed by atoms with Crippen LogP contribution in [0.5, 0.6) is 0 Å². The van der Waals surface area contributed by atoms with Crippen LogP contribution < -0.4 is 5.32 Å². The highest BCUT2D eigenvalue weighted by molar-refractivity contribution is 7.17. The summed E-state index contributed by atoms with van der Waals surface area (Å²) >= 11 is 1.76. The van der Waals surface area contributed by atoms with Gasteiger partial charge in [-0.1, -0.05) is 0 Å². The van der Waals surface area contributed by atoms with Gasteiger partial charge in [0.25, 0.3) is 0 Å². The van der Waals surface area contributed by atoms with Gasteiger partial charge in [-0.15, -0.1) is 11.3 Å². The zero-order chi connectivity index (χ0) is 12.4. The number of aryl methyl sites for hydroxylation is 1. The van der Waals surface area contributed by atoms with Gasteiger partial charge in [0, 0.05) is 16.9 Å². The molecule has 0 fully saturated rings. The minimum absolute atomic E-state index is 0.698. The van der Waals surface area contributed by atoms with E-state index in [1.807, 2.05) is 4.68 Å². The summed E-state index contributed by atoms with van der Waals surface area (Å²) < 4.78 is 3.22. The van der Waals surface area contributed by atoms with Crippen molar-refractivity contribution in [2.45, 2.75) is 20.0 Å². The van der Waals surface area contributed by atoms with Crippen LogP contribution in [0.2, 0.25) is 0 Å². The summed E-state index contributed by atoms with van der Waals surface area (Å²) in [4.78, 5) is 4.25. The lowest BCUT2D eigenvalue weighted by Gasteiger charge is -2.07. The molecule has 92 valence electrons. The first-order valence-electron chi connectivity index (χ1n) is 5.94. The molecule has 3 rings (SSSR count). The van der Waals surface area contributed by atoms with Crippen LogP contribution in [0.3, 0.4) is 0 Å². The van der Waals surface area contributed by atoms with E-state index in [0.717, 1.165) is 18.1 Å². The molecular weight excluding hydrogens is 244 g/mol. The number of hydrogen-bond donors (Lipinski definition) is 1. The summed E-state index contributed by atoms with van der Waals surface area (Å²) in [5.74, 6) is 0.961. The Bertz CT molecular complexity index is 656. The molecule has 3 aromatic rings. The summed E-state index contributed by atoms with van der Waals surface area (Å²) in [7, 11) is 0. The standard InChI is InChI=1S/C13H14N4S/c1-2-17-13(15-9-16-17)8-14-11-3-4-12-10(7-11)5-6-18-12/h3-7,9,14H,2,8H2,1H3. The first-order chi connectivity index (χ1) is 8.86. The molecule has 0 aliphatic carbocycles. The van der Waals surface area contributed by atoms with Gasteiger partial charge in [0.1, 0.15) is 12.2 Å². The first-order valence-corrected chi connectivity index (χ1v) is 6.82. The van der Waals surface area contributed by atoms with Crippen LogP contribution in [-0.2, 0) is 13.1 Å². The Balaban J connectivity index is 1.76. The fourth-order valence-corrected chi connectivity index (χ4v) is 2.72. The van der Waals surface area contributed by atoms with Gasteiger partial charge in [0.2, 0.25) is 0 Å². The molecule has 0 radical (unpaired) electrons. The quantitative estimate of drug-likeness (QED) is 0.782. The minimum atomic E-state index is 0.698. The molecule has 18 heavy (non-hydrogen) atoms. The summed E-state index contributed by atoms with van der Waals surface area (Å²) in [6.45, 7) is 3.61. The highest BCUT2D eigenvalue weighted by atomic mass is 32.1. The van der Waals surface area contributed by atoms with Gasteiger partial charge in [-0.3, -0.25) is 0 Å². The lowest BCUT2D eigenvalue weighted by atomic mass is 10.2. The largest absolute Gasteiger partial charge is 0.378 e. The summed E-state index contributed by atoms with van der Waals surface area (Å²) in [5, 5.41) is 10.9. The predicted octanol–water partition coefficient (Wildman–Crippen LogP) is 3.12. The Morgan fingerprint density at radius 3 is 3.17 bits per heavy atom. The lowest BCUT2D eigenvalue weighted by molar-refractivity contribution is 0.622. The topological polar surface area (TPSA) is 42.7 Å². The van der Waals surface area contributed by atoms with E-state index in [9.17, 15) is 0 Å². The van der Waals surface area contributed by atoms with Gasteiger partial charge < -0.3 is 5.32 Å². The van der Waals surface area contributed by atoms with Gasteiger partial charge in [-0.2, -0.15) is 5.10 Å². The second-order valence-electron chi connectivity index (χ2n) is 4.02. The van der Waals surface area contributed by atoms with Gasteiger partial charge in [0.05, 0.1) is 6.54 Å². The molecule has 0 unspecified atom stereocenters. The monoisotopic (exact) mass is 258 g/mol. The molecule has 0 aliphatic heterocycles. The molecule has 5 heteroatoms. The first kappa shape index (κ1) is 11.2. The van der Waals surface area contributed by atoms with E-state index in [4.69, 9.17) is 0 Å². The van der Waals surface area contributed by atoms with Crippen molar-refractivity contribution >= 4 is 27.1 Å². The number of benzene rings is 1. The molecule has 0 saturated heterocycles. The van der Waals surface area contributed by atoms with E-state index < -0.39 is 0 Å². The third-order valence-electron chi connectivity index (χ3n) is 2.90. The lowest BCUT2D eigenvalue weighted by Crippen LogP contribution is -2.08. The number of nitrogens with one attached hydrogen (secondary N) is 1. The number of fused-ring (bicyclic) bond motifs is 1. The summed E-state index contributed by atoms with van der Waals surface area (Å²) in [5.41, 5.74) is 1.12. The van der Waals surface area contributed by atoms with Crippen LogP contribution in [0.1, 0.15) is 12.7 Å². The number of anilines is 1. The van der Waals surface area contributed by atoms with E-state index >= 15 is 0 Å². The SMILES string of the molecule is CCn1ncnc1CNc1ccc2sccc2c1. The van der Waals surface area contributed by atoms with Crippen molar-refractivity contribution < 1.29 is 0 Å². The van der Waals surface area contributed by atoms with Crippen LogP contribution in [0.25, 0.3) is 10.1 Å². The van der Waals surface area contributed by atoms with Crippen LogP contribution in [-0.4, -0.2) is 14.8 Å². The summed E-state index contributed by atoms with van der Waals surface area (Å²) in [6.07, 6.45) is 1.60. The maximum atomic E-state index is 4.25.